The van der Waals surface area contributed by atoms with Gasteiger partial charge in [0.25, 0.3) is 5.91 Å². The number of fused-ring (bicyclic) bond motifs is 2. The molecule has 5 nitrogen and oxygen atoms in total. The van der Waals surface area contributed by atoms with E-state index in [1.54, 1.807) is 24.3 Å². The van der Waals surface area contributed by atoms with Crippen LogP contribution in [0.4, 0.5) is 4.39 Å². The summed E-state index contributed by atoms with van der Waals surface area (Å²) in [6.07, 6.45) is 3.36. The zero-order valence-electron chi connectivity index (χ0n) is 15.2. The predicted octanol–water partition coefficient (Wildman–Crippen LogP) is 4.16. The van der Waals surface area contributed by atoms with E-state index in [9.17, 15) is 14.3 Å². The van der Waals surface area contributed by atoms with Gasteiger partial charge in [-0.25, -0.2) is 4.39 Å². The topological polar surface area (TPSA) is 59.0 Å². The molecule has 2 heterocycles. The zero-order chi connectivity index (χ0) is 19.7. The summed E-state index contributed by atoms with van der Waals surface area (Å²) in [5.41, 5.74) is 0. The van der Waals surface area contributed by atoms with Crippen LogP contribution in [0.2, 0.25) is 5.02 Å². The van der Waals surface area contributed by atoms with Crippen LogP contribution in [-0.4, -0.2) is 40.7 Å². The summed E-state index contributed by atoms with van der Waals surface area (Å²) >= 11 is 5.81. The highest BCUT2D eigenvalue weighted by Gasteiger charge is 2.44. The molecule has 2 saturated heterocycles. The van der Waals surface area contributed by atoms with Crippen molar-refractivity contribution in [3.8, 4) is 17.2 Å². The lowest BCUT2D eigenvalue weighted by Crippen LogP contribution is -2.50. The van der Waals surface area contributed by atoms with Gasteiger partial charge in [-0.15, -0.1) is 0 Å². The summed E-state index contributed by atoms with van der Waals surface area (Å²) in [6, 6.07) is 10.8. The van der Waals surface area contributed by atoms with E-state index in [0.29, 0.717) is 10.8 Å². The Morgan fingerprint density at radius 2 is 1.82 bits per heavy atom. The van der Waals surface area contributed by atoms with Crippen molar-refractivity contribution < 1.29 is 23.8 Å². The molecule has 2 aromatic rings. The molecule has 1 unspecified atom stereocenters. The van der Waals surface area contributed by atoms with Gasteiger partial charge in [-0.2, -0.15) is 0 Å². The van der Waals surface area contributed by atoms with Crippen molar-refractivity contribution in [3.05, 3.63) is 53.3 Å². The number of halogens is 2. The highest BCUT2D eigenvalue weighted by atomic mass is 35.5. The minimum atomic E-state index is -0.292. The minimum absolute atomic E-state index is 0.00763. The average molecular weight is 406 g/mol. The number of hydrogen-bond donors (Lipinski definition) is 1. The summed E-state index contributed by atoms with van der Waals surface area (Å²) in [4.78, 5) is 14.6. The molecule has 2 bridgehead atoms. The number of amides is 1. The normalized spacial score (nSPS) is 23.5. The Morgan fingerprint density at radius 3 is 2.46 bits per heavy atom. The van der Waals surface area contributed by atoms with Crippen molar-refractivity contribution in [2.45, 2.75) is 43.9 Å². The van der Waals surface area contributed by atoms with Crippen molar-refractivity contribution in [3.63, 3.8) is 0 Å². The molecular weight excluding hydrogens is 385 g/mol. The van der Waals surface area contributed by atoms with E-state index < -0.39 is 0 Å². The van der Waals surface area contributed by atoms with Crippen LogP contribution in [-0.2, 0) is 4.79 Å². The Morgan fingerprint density at radius 1 is 1.14 bits per heavy atom. The van der Waals surface area contributed by atoms with E-state index in [4.69, 9.17) is 21.1 Å². The number of hydrogen-bond acceptors (Lipinski definition) is 4. The first-order chi connectivity index (χ1) is 13.5. The third kappa shape index (κ3) is 4.02. The van der Waals surface area contributed by atoms with Gasteiger partial charge in [0.2, 0.25) is 0 Å². The molecule has 2 aliphatic heterocycles. The first kappa shape index (κ1) is 18.9. The van der Waals surface area contributed by atoms with E-state index in [2.05, 4.69) is 0 Å². The SMILES string of the molecule is O=C(COc1ccc(Cl)cc1O)N1[C@@H]2CC[C@H]1CC(Oc1ccc(F)cc1)C2. The quantitative estimate of drug-likeness (QED) is 0.811. The number of rotatable bonds is 5. The van der Waals surface area contributed by atoms with Gasteiger partial charge >= 0.3 is 0 Å². The van der Waals surface area contributed by atoms with Gasteiger partial charge in [0.05, 0.1) is 0 Å². The lowest BCUT2D eigenvalue weighted by molar-refractivity contribution is -0.139. The van der Waals surface area contributed by atoms with E-state index in [-0.39, 0.29) is 48.0 Å². The Hall–Kier alpha value is -2.47. The zero-order valence-corrected chi connectivity index (χ0v) is 15.9. The van der Waals surface area contributed by atoms with Crippen molar-refractivity contribution in [1.82, 2.24) is 4.90 Å². The molecule has 2 aromatic carbocycles. The molecule has 0 spiro atoms. The number of carbonyl (C=O) groups excluding carboxylic acids is 1. The maximum Gasteiger partial charge on any atom is 0.261 e. The van der Waals surface area contributed by atoms with E-state index in [1.165, 1.54) is 18.2 Å². The van der Waals surface area contributed by atoms with Crippen LogP contribution in [0.3, 0.4) is 0 Å². The largest absolute Gasteiger partial charge is 0.504 e. The average Bonchev–Trinajstić information content (AvgIpc) is 2.93. The van der Waals surface area contributed by atoms with Crippen LogP contribution in [0.5, 0.6) is 17.2 Å². The molecule has 3 atom stereocenters. The van der Waals surface area contributed by atoms with Gasteiger partial charge in [0, 0.05) is 36.0 Å². The molecule has 0 aromatic heterocycles. The van der Waals surface area contributed by atoms with Crippen LogP contribution >= 0.6 is 11.6 Å². The highest BCUT2D eigenvalue weighted by molar-refractivity contribution is 6.30. The number of phenols is 1. The molecule has 2 aliphatic rings. The molecule has 0 aliphatic carbocycles. The highest BCUT2D eigenvalue weighted by Crippen LogP contribution is 2.37. The Bertz CT molecular complexity index is 846. The number of nitrogens with zero attached hydrogens (tertiary/aromatic N) is 1. The van der Waals surface area contributed by atoms with Crippen LogP contribution in [0.1, 0.15) is 25.7 Å². The summed E-state index contributed by atoms with van der Waals surface area (Å²) in [7, 11) is 0. The van der Waals surface area contributed by atoms with Crippen LogP contribution in [0, 0.1) is 5.82 Å². The number of carbonyl (C=O) groups is 1. The van der Waals surface area contributed by atoms with E-state index in [0.717, 1.165) is 25.7 Å². The number of benzene rings is 2. The number of piperidine rings is 1. The molecule has 148 valence electrons. The summed E-state index contributed by atoms with van der Waals surface area (Å²) < 4.78 is 24.5. The van der Waals surface area contributed by atoms with Crippen LogP contribution in [0.25, 0.3) is 0 Å². The van der Waals surface area contributed by atoms with Crippen molar-refractivity contribution in [2.24, 2.45) is 0 Å². The summed E-state index contributed by atoms with van der Waals surface area (Å²) in [5.74, 6) is 0.406. The molecule has 0 saturated carbocycles. The lowest BCUT2D eigenvalue weighted by atomic mass is 9.99. The number of phenolic OH excluding ortho intramolecular Hbond substituents is 1. The second kappa shape index (κ2) is 7.87. The predicted molar refractivity (Wildman–Crippen MR) is 102 cm³/mol. The molecule has 2 fully saturated rings. The third-order valence-electron chi connectivity index (χ3n) is 5.37. The molecular formula is C21H21ClFNO4. The molecule has 4 rings (SSSR count). The summed E-state index contributed by atoms with van der Waals surface area (Å²) in [6.45, 7) is -0.133. The Balaban J connectivity index is 1.35. The monoisotopic (exact) mass is 405 g/mol. The first-order valence-corrected chi connectivity index (χ1v) is 9.72. The molecule has 7 heteroatoms. The van der Waals surface area contributed by atoms with Gasteiger partial charge in [-0.05, 0) is 49.2 Å². The van der Waals surface area contributed by atoms with Gasteiger partial charge in [-0.1, -0.05) is 11.6 Å². The first-order valence-electron chi connectivity index (χ1n) is 9.34. The summed E-state index contributed by atoms with van der Waals surface area (Å²) in [5, 5.41) is 10.2. The fraction of sp³-hybridized carbons (Fsp3) is 0.381. The Labute approximate surface area is 167 Å². The number of aromatic hydroxyl groups is 1. The van der Waals surface area contributed by atoms with Gasteiger partial charge in [0.1, 0.15) is 17.7 Å². The van der Waals surface area contributed by atoms with Crippen LogP contribution in [0.15, 0.2) is 42.5 Å². The lowest BCUT2D eigenvalue weighted by Gasteiger charge is -2.38. The maximum atomic E-state index is 13.0. The fourth-order valence-corrected chi connectivity index (χ4v) is 4.33. The van der Waals surface area contributed by atoms with Crippen molar-refractivity contribution in [2.75, 3.05) is 6.61 Å². The second-order valence-corrected chi connectivity index (χ2v) is 7.69. The maximum absolute atomic E-state index is 13.0. The molecule has 0 radical (unpaired) electrons. The molecule has 1 amide bonds. The van der Waals surface area contributed by atoms with Crippen molar-refractivity contribution in [1.29, 1.82) is 0 Å². The molecule has 28 heavy (non-hydrogen) atoms. The van der Waals surface area contributed by atoms with Gasteiger partial charge in [0.15, 0.2) is 18.1 Å². The Kier molecular flexibility index (Phi) is 5.31. The standard InChI is InChI=1S/C21H21ClFNO4/c22-13-1-8-20(19(25)9-13)27-12-21(26)24-15-4-5-16(24)11-18(10-15)28-17-6-2-14(23)3-7-17/h1-3,6-9,15-16,18,25H,4-5,10-12H2/t15-,16+,18?. The minimum Gasteiger partial charge on any atom is -0.504 e. The van der Waals surface area contributed by atoms with Gasteiger partial charge in [-0.3, -0.25) is 4.79 Å². The second-order valence-electron chi connectivity index (χ2n) is 7.25. The number of ether oxygens (including phenoxy) is 2. The third-order valence-corrected chi connectivity index (χ3v) is 5.60. The fourth-order valence-electron chi connectivity index (χ4n) is 4.16. The van der Waals surface area contributed by atoms with Crippen LogP contribution < -0.4 is 9.47 Å². The van der Waals surface area contributed by atoms with E-state index >= 15 is 0 Å². The van der Waals surface area contributed by atoms with E-state index in [1.807, 2.05) is 4.90 Å². The molecule has 1 N–H and O–H groups in total. The van der Waals surface area contributed by atoms with Crippen molar-refractivity contribution >= 4 is 17.5 Å². The smallest absolute Gasteiger partial charge is 0.261 e. The van der Waals surface area contributed by atoms with Gasteiger partial charge < -0.3 is 19.5 Å².